The summed E-state index contributed by atoms with van der Waals surface area (Å²) in [5.74, 6) is 0.572. The van der Waals surface area contributed by atoms with Crippen molar-refractivity contribution in [2.75, 3.05) is 7.11 Å². The van der Waals surface area contributed by atoms with Crippen molar-refractivity contribution in [3.8, 4) is 11.4 Å². The van der Waals surface area contributed by atoms with E-state index in [0.717, 1.165) is 34.1 Å². The van der Waals surface area contributed by atoms with Crippen molar-refractivity contribution < 1.29 is 9.53 Å². The van der Waals surface area contributed by atoms with Gasteiger partial charge in [-0.15, -0.1) is 0 Å². The summed E-state index contributed by atoms with van der Waals surface area (Å²) in [4.78, 5) is 18.4. The second kappa shape index (κ2) is 6.83. The number of benzene rings is 1. The average molecular weight is 392 g/mol. The molecule has 0 radical (unpaired) electrons. The Kier molecular flexibility index (Phi) is 4.47. The summed E-state index contributed by atoms with van der Waals surface area (Å²) in [5, 5.41) is 11.0. The van der Waals surface area contributed by atoms with Gasteiger partial charge in [0.2, 0.25) is 0 Å². The molecule has 6 nitrogen and oxygen atoms in total. The Morgan fingerprint density at radius 1 is 1.21 bits per heavy atom. The fourth-order valence-electron chi connectivity index (χ4n) is 3.48. The van der Waals surface area contributed by atoms with Gasteiger partial charge in [0.1, 0.15) is 11.6 Å². The van der Waals surface area contributed by atoms with E-state index >= 15 is 0 Å². The number of hydrogen-bond acceptors (Lipinski definition) is 4. The molecule has 0 saturated heterocycles. The Labute approximate surface area is 167 Å². The lowest BCUT2D eigenvalue weighted by Crippen LogP contribution is -2.37. The van der Waals surface area contributed by atoms with E-state index in [0.29, 0.717) is 10.7 Å². The Morgan fingerprint density at radius 3 is 2.75 bits per heavy atom. The zero-order valence-corrected chi connectivity index (χ0v) is 16.9. The van der Waals surface area contributed by atoms with Gasteiger partial charge in [-0.3, -0.25) is 15.1 Å². The summed E-state index contributed by atoms with van der Waals surface area (Å²) in [5.41, 5.74) is 5.08. The van der Waals surface area contributed by atoms with Crippen molar-refractivity contribution in [3.63, 3.8) is 0 Å². The van der Waals surface area contributed by atoms with Crippen molar-refractivity contribution >= 4 is 34.7 Å². The van der Waals surface area contributed by atoms with Gasteiger partial charge < -0.3 is 9.30 Å². The molecule has 142 valence electrons. The normalized spacial score (nSPS) is 17.7. The summed E-state index contributed by atoms with van der Waals surface area (Å²) in [7, 11) is 1.65. The minimum absolute atomic E-state index is 0.167. The van der Waals surface area contributed by atoms with Crippen molar-refractivity contribution in [2.45, 2.75) is 20.8 Å². The monoisotopic (exact) mass is 392 g/mol. The Hall–Kier alpha value is -3.06. The number of carbonyl (C=O) groups is 1. The number of aromatic nitrogens is 1. The van der Waals surface area contributed by atoms with Crippen LogP contribution in [0.3, 0.4) is 0 Å². The second-order valence-corrected chi connectivity index (χ2v) is 7.52. The van der Waals surface area contributed by atoms with Gasteiger partial charge in [-0.05, 0) is 56.0 Å². The number of aryl methyl sites for hydroxylation is 1. The maximum absolute atomic E-state index is 12.5. The van der Waals surface area contributed by atoms with E-state index < -0.39 is 0 Å². The van der Waals surface area contributed by atoms with Crippen LogP contribution >= 0.6 is 11.8 Å². The van der Waals surface area contributed by atoms with Crippen molar-refractivity contribution in [3.05, 3.63) is 64.0 Å². The first kappa shape index (κ1) is 18.3. The van der Waals surface area contributed by atoms with Crippen LogP contribution in [0.25, 0.3) is 11.8 Å². The lowest BCUT2D eigenvalue weighted by atomic mass is 10.1. The zero-order valence-electron chi connectivity index (χ0n) is 16.1. The van der Waals surface area contributed by atoms with Crippen LogP contribution in [0.2, 0.25) is 0 Å². The molecule has 0 atom stereocenters. The van der Waals surface area contributed by atoms with E-state index in [-0.39, 0.29) is 11.7 Å². The van der Waals surface area contributed by atoms with E-state index in [9.17, 15) is 4.79 Å². The highest BCUT2D eigenvalue weighted by atomic mass is 32.2. The fourth-order valence-corrected chi connectivity index (χ4v) is 4.34. The third kappa shape index (κ3) is 2.88. The van der Waals surface area contributed by atoms with Crippen LogP contribution < -0.4 is 4.74 Å². The first-order valence-electron chi connectivity index (χ1n) is 8.81. The molecule has 0 aliphatic carbocycles. The quantitative estimate of drug-likeness (QED) is 0.792. The highest BCUT2D eigenvalue weighted by Gasteiger charge is 2.34. The van der Waals surface area contributed by atoms with E-state index in [4.69, 9.17) is 10.1 Å². The van der Waals surface area contributed by atoms with Crippen molar-refractivity contribution in [1.82, 2.24) is 9.47 Å². The summed E-state index contributed by atoms with van der Waals surface area (Å²) in [6.45, 7) is 5.93. The lowest BCUT2D eigenvalue weighted by Gasteiger charge is -2.25. The van der Waals surface area contributed by atoms with E-state index in [2.05, 4.69) is 9.56 Å². The van der Waals surface area contributed by atoms with Gasteiger partial charge in [0, 0.05) is 28.8 Å². The molecule has 2 aromatic rings. The highest BCUT2D eigenvalue weighted by molar-refractivity contribution is 8.16. The van der Waals surface area contributed by atoms with Crippen LogP contribution in [0.1, 0.15) is 23.9 Å². The minimum atomic E-state index is -0.377. The number of fused-ring (bicyclic) bond motifs is 1. The smallest absolute Gasteiger partial charge is 0.283 e. The van der Waals surface area contributed by atoms with E-state index in [1.165, 1.54) is 11.8 Å². The molecule has 2 aliphatic rings. The number of amidine groups is 2. The average Bonchev–Trinajstić information content (AvgIpc) is 3.17. The first-order chi connectivity index (χ1) is 13.4. The fraction of sp³-hybridized carbons (Fsp3) is 0.190. The second-order valence-electron chi connectivity index (χ2n) is 6.68. The molecule has 0 unspecified atom stereocenters. The minimum Gasteiger partial charge on any atom is -0.497 e. The van der Waals surface area contributed by atoms with Gasteiger partial charge in [0.15, 0.2) is 5.17 Å². The SMILES string of the molecule is COc1cccc(-n2c(C)cc(/C=C3/C(=N)N4C(C)=CSC4=NC3=O)c2C)c1. The highest BCUT2D eigenvalue weighted by Crippen LogP contribution is 2.32. The molecule has 28 heavy (non-hydrogen) atoms. The van der Waals surface area contributed by atoms with Gasteiger partial charge in [-0.1, -0.05) is 17.8 Å². The van der Waals surface area contributed by atoms with Gasteiger partial charge >= 0.3 is 0 Å². The van der Waals surface area contributed by atoms with Gasteiger partial charge in [-0.2, -0.15) is 4.99 Å². The molecular weight excluding hydrogens is 372 g/mol. The number of carbonyl (C=O) groups excluding carboxylic acids is 1. The number of rotatable bonds is 3. The predicted molar refractivity (Wildman–Crippen MR) is 113 cm³/mol. The number of amides is 1. The topological polar surface area (TPSA) is 70.7 Å². The molecule has 0 spiro atoms. The number of methoxy groups -OCH3 is 1. The van der Waals surface area contributed by atoms with Crippen LogP contribution in [0.4, 0.5) is 0 Å². The maximum Gasteiger partial charge on any atom is 0.283 e. The first-order valence-corrected chi connectivity index (χ1v) is 9.69. The van der Waals surface area contributed by atoms with Crippen LogP contribution in [0, 0.1) is 19.3 Å². The number of aliphatic imine (C=N–C) groups is 1. The van der Waals surface area contributed by atoms with Crippen LogP contribution in [-0.4, -0.2) is 33.5 Å². The van der Waals surface area contributed by atoms with E-state index in [1.807, 2.05) is 56.5 Å². The number of allylic oxidation sites excluding steroid dienone is 1. The largest absolute Gasteiger partial charge is 0.497 e. The predicted octanol–water partition coefficient (Wildman–Crippen LogP) is 4.27. The Morgan fingerprint density at radius 2 is 2.00 bits per heavy atom. The maximum atomic E-state index is 12.5. The zero-order chi connectivity index (χ0) is 20.0. The van der Waals surface area contributed by atoms with Gasteiger partial charge in [0.05, 0.1) is 12.7 Å². The van der Waals surface area contributed by atoms with Crippen LogP contribution in [0.5, 0.6) is 5.75 Å². The standard InChI is InChI=1S/C21H20N4O2S/c1-12-8-15(14(3)24(12)16-6-5-7-17(10-16)27-4)9-18-19(22)25-13(2)11-28-21(25)23-20(18)26/h5-11,22H,1-4H3/b18-9-,22-19?. The molecule has 0 fully saturated rings. The van der Waals surface area contributed by atoms with Crippen molar-refractivity contribution in [2.24, 2.45) is 4.99 Å². The number of thioether (sulfide) groups is 1. The molecule has 1 aromatic heterocycles. The number of nitrogens with one attached hydrogen (secondary N) is 1. The van der Waals surface area contributed by atoms with Crippen LogP contribution in [0.15, 0.2) is 52.0 Å². The number of nitrogens with zero attached hydrogens (tertiary/aromatic N) is 3. The summed E-state index contributed by atoms with van der Waals surface area (Å²) in [6, 6.07) is 9.85. The Balaban J connectivity index is 1.78. The Bertz CT molecular complexity index is 1110. The third-order valence-electron chi connectivity index (χ3n) is 4.87. The number of hydrogen-bond donors (Lipinski definition) is 1. The molecular formula is C21H20N4O2S. The molecule has 7 heteroatoms. The molecule has 0 saturated carbocycles. The molecule has 1 N–H and O–H groups in total. The molecule has 3 heterocycles. The lowest BCUT2D eigenvalue weighted by molar-refractivity contribution is -0.114. The van der Waals surface area contributed by atoms with E-state index in [1.54, 1.807) is 18.1 Å². The summed E-state index contributed by atoms with van der Waals surface area (Å²) >= 11 is 1.37. The number of ether oxygens (including phenoxy) is 1. The van der Waals surface area contributed by atoms with Crippen LogP contribution in [-0.2, 0) is 4.79 Å². The molecule has 2 aliphatic heterocycles. The molecule has 1 amide bonds. The van der Waals surface area contributed by atoms with Gasteiger partial charge in [0.25, 0.3) is 5.91 Å². The molecule has 4 rings (SSSR count). The molecule has 0 bridgehead atoms. The van der Waals surface area contributed by atoms with Crippen molar-refractivity contribution in [1.29, 1.82) is 5.41 Å². The third-order valence-corrected chi connectivity index (χ3v) is 5.81. The summed E-state index contributed by atoms with van der Waals surface area (Å²) < 4.78 is 7.45. The van der Waals surface area contributed by atoms with Gasteiger partial charge in [-0.25, -0.2) is 0 Å². The summed E-state index contributed by atoms with van der Waals surface area (Å²) in [6.07, 6.45) is 1.76. The molecule has 1 aromatic carbocycles.